The maximum absolute atomic E-state index is 3.83. The summed E-state index contributed by atoms with van der Waals surface area (Å²) in [5, 5.41) is 9.32. The van der Waals surface area contributed by atoms with Crippen LogP contribution in [-0.2, 0) is 6.54 Å². The summed E-state index contributed by atoms with van der Waals surface area (Å²) < 4.78 is 0. The molecule has 0 atom stereocenters. The molecular formula is C22H25N. The van der Waals surface area contributed by atoms with Gasteiger partial charge in [-0.1, -0.05) is 74.2 Å². The van der Waals surface area contributed by atoms with Gasteiger partial charge in [-0.05, 0) is 46.0 Å². The van der Waals surface area contributed by atoms with E-state index in [1.165, 1.54) is 65.6 Å². The van der Waals surface area contributed by atoms with Crippen molar-refractivity contribution in [2.75, 3.05) is 0 Å². The van der Waals surface area contributed by atoms with E-state index in [0.29, 0.717) is 6.04 Å². The normalized spacial score (nSPS) is 16.7. The van der Waals surface area contributed by atoms with Crippen LogP contribution < -0.4 is 5.32 Å². The largest absolute Gasteiger partial charge is 0.310 e. The molecule has 0 bridgehead atoms. The zero-order valence-corrected chi connectivity index (χ0v) is 13.7. The Bertz CT molecular complexity index is 797. The minimum Gasteiger partial charge on any atom is -0.310 e. The van der Waals surface area contributed by atoms with Gasteiger partial charge >= 0.3 is 0 Å². The monoisotopic (exact) mass is 303 g/mol. The highest BCUT2D eigenvalue weighted by molar-refractivity contribution is 6.08. The molecule has 0 aromatic heterocycles. The van der Waals surface area contributed by atoms with Crippen molar-refractivity contribution in [3.63, 3.8) is 0 Å². The highest BCUT2D eigenvalue weighted by Gasteiger charge is 2.12. The molecule has 0 spiro atoms. The molecule has 0 radical (unpaired) electrons. The van der Waals surface area contributed by atoms with Crippen molar-refractivity contribution in [2.45, 2.75) is 51.1 Å². The number of hydrogen-bond acceptors (Lipinski definition) is 1. The lowest BCUT2D eigenvalue weighted by molar-refractivity contribution is 0.460. The predicted octanol–water partition coefficient (Wildman–Crippen LogP) is 5.81. The van der Waals surface area contributed by atoms with Crippen LogP contribution in [0.1, 0.15) is 44.1 Å². The fraction of sp³-hybridized carbons (Fsp3) is 0.364. The third-order valence-electron chi connectivity index (χ3n) is 5.29. The van der Waals surface area contributed by atoms with Crippen molar-refractivity contribution < 1.29 is 0 Å². The van der Waals surface area contributed by atoms with E-state index in [0.717, 1.165) is 6.54 Å². The van der Waals surface area contributed by atoms with E-state index in [9.17, 15) is 0 Å². The Morgan fingerprint density at radius 1 is 0.739 bits per heavy atom. The highest BCUT2D eigenvalue weighted by atomic mass is 14.9. The molecule has 1 saturated carbocycles. The summed E-state index contributed by atoms with van der Waals surface area (Å²) in [5.41, 5.74) is 1.43. The van der Waals surface area contributed by atoms with Crippen LogP contribution in [0.25, 0.3) is 21.5 Å². The minimum atomic E-state index is 0.697. The second-order valence-electron chi connectivity index (χ2n) is 6.87. The summed E-state index contributed by atoms with van der Waals surface area (Å²) in [6.45, 7) is 0.982. The molecule has 1 N–H and O–H groups in total. The molecule has 1 aliphatic rings. The van der Waals surface area contributed by atoms with Gasteiger partial charge in [-0.3, -0.25) is 0 Å². The van der Waals surface area contributed by atoms with E-state index in [4.69, 9.17) is 0 Å². The Balaban J connectivity index is 1.67. The molecule has 0 heterocycles. The van der Waals surface area contributed by atoms with Gasteiger partial charge in [0.15, 0.2) is 0 Å². The van der Waals surface area contributed by atoms with Crippen LogP contribution in [0.4, 0.5) is 0 Å². The van der Waals surface area contributed by atoms with Crippen molar-refractivity contribution in [2.24, 2.45) is 0 Å². The maximum Gasteiger partial charge on any atom is 0.0214 e. The van der Waals surface area contributed by atoms with E-state index < -0.39 is 0 Å². The zero-order valence-electron chi connectivity index (χ0n) is 13.7. The Labute approximate surface area is 138 Å². The second-order valence-corrected chi connectivity index (χ2v) is 6.87. The van der Waals surface area contributed by atoms with Crippen LogP contribution in [0.15, 0.2) is 54.6 Å². The zero-order chi connectivity index (χ0) is 15.5. The molecular weight excluding hydrogens is 278 g/mol. The maximum atomic E-state index is 3.83. The van der Waals surface area contributed by atoms with Crippen LogP contribution in [-0.4, -0.2) is 6.04 Å². The van der Waals surface area contributed by atoms with Crippen molar-refractivity contribution in [3.05, 3.63) is 60.2 Å². The summed E-state index contributed by atoms with van der Waals surface area (Å²) in [7, 11) is 0. The molecule has 3 aromatic rings. The lowest BCUT2D eigenvalue weighted by Crippen LogP contribution is -2.27. The molecule has 4 rings (SSSR count). The molecule has 23 heavy (non-hydrogen) atoms. The van der Waals surface area contributed by atoms with Gasteiger partial charge in [0, 0.05) is 12.6 Å². The standard InChI is InChI=1S/C22H25N/c1-2-4-11-19(10-3-1)23-16-18-15-17-9-5-6-12-20(17)22-14-8-7-13-21(18)22/h5-9,12-15,19,23H,1-4,10-11,16H2. The first-order valence-corrected chi connectivity index (χ1v) is 9.04. The first-order valence-electron chi connectivity index (χ1n) is 9.04. The van der Waals surface area contributed by atoms with E-state index in [-0.39, 0.29) is 0 Å². The molecule has 0 amide bonds. The Hall–Kier alpha value is -1.86. The second kappa shape index (κ2) is 6.72. The van der Waals surface area contributed by atoms with Gasteiger partial charge in [0.1, 0.15) is 0 Å². The van der Waals surface area contributed by atoms with Gasteiger partial charge in [0.2, 0.25) is 0 Å². The molecule has 3 aromatic carbocycles. The molecule has 0 saturated heterocycles. The van der Waals surface area contributed by atoms with Gasteiger partial charge in [0.25, 0.3) is 0 Å². The summed E-state index contributed by atoms with van der Waals surface area (Å²) in [5.74, 6) is 0. The van der Waals surface area contributed by atoms with Gasteiger partial charge in [-0.2, -0.15) is 0 Å². The Morgan fingerprint density at radius 3 is 2.17 bits per heavy atom. The van der Waals surface area contributed by atoms with Gasteiger partial charge in [-0.15, -0.1) is 0 Å². The molecule has 1 fully saturated rings. The summed E-state index contributed by atoms with van der Waals surface area (Å²) in [6.07, 6.45) is 8.28. The van der Waals surface area contributed by atoms with Crippen molar-refractivity contribution in [1.29, 1.82) is 0 Å². The van der Waals surface area contributed by atoms with E-state index in [2.05, 4.69) is 59.9 Å². The van der Waals surface area contributed by atoms with Crippen LogP contribution in [0, 0.1) is 0 Å². The first kappa shape index (κ1) is 14.7. The summed E-state index contributed by atoms with van der Waals surface area (Å²) in [6, 6.07) is 20.7. The fourth-order valence-corrected chi connectivity index (χ4v) is 4.02. The summed E-state index contributed by atoms with van der Waals surface area (Å²) >= 11 is 0. The van der Waals surface area contributed by atoms with Crippen LogP contribution in [0.2, 0.25) is 0 Å². The molecule has 0 unspecified atom stereocenters. The van der Waals surface area contributed by atoms with Crippen LogP contribution in [0.3, 0.4) is 0 Å². The average Bonchev–Trinajstić information content (AvgIpc) is 2.88. The number of hydrogen-bond donors (Lipinski definition) is 1. The number of nitrogens with one attached hydrogen (secondary N) is 1. The quantitative estimate of drug-likeness (QED) is 0.476. The van der Waals surface area contributed by atoms with Crippen LogP contribution >= 0.6 is 0 Å². The minimum absolute atomic E-state index is 0.697. The molecule has 118 valence electrons. The third-order valence-corrected chi connectivity index (χ3v) is 5.29. The predicted molar refractivity (Wildman–Crippen MR) is 99.8 cm³/mol. The smallest absolute Gasteiger partial charge is 0.0214 e. The summed E-state index contributed by atoms with van der Waals surface area (Å²) in [4.78, 5) is 0. The van der Waals surface area contributed by atoms with Crippen LogP contribution in [0.5, 0.6) is 0 Å². The van der Waals surface area contributed by atoms with Crippen molar-refractivity contribution in [3.8, 4) is 0 Å². The lowest BCUT2D eigenvalue weighted by atomic mass is 9.97. The van der Waals surface area contributed by atoms with E-state index in [1.54, 1.807) is 0 Å². The van der Waals surface area contributed by atoms with E-state index >= 15 is 0 Å². The van der Waals surface area contributed by atoms with Gasteiger partial charge in [-0.25, -0.2) is 0 Å². The van der Waals surface area contributed by atoms with E-state index in [1.807, 2.05) is 0 Å². The topological polar surface area (TPSA) is 12.0 Å². The van der Waals surface area contributed by atoms with Gasteiger partial charge < -0.3 is 5.32 Å². The van der Waals surface area contributed by atoms with Crippen molar-refractivity contribution in [1.82, 2.24) is 5.32 Å². The van der Waals surface area contributed by atoms with Crippen molar-refractivity contribution >= 4 is 21.5 Å². The number of benzene rings is 3. The molecule has 1 nitrogen and oxygen atoms in total. The SMILES string of the molecule is c1ccc2c(c1)cc(CNC1CCCCCC1)c1ccccc12. The number of fused-ring (bicyclic) bond motifs is 3. The Kier molecular flexibility index (Phi) is 4.30. The lowest BCUT2D eigenvalue weighted by Gasteiger charge is -2.18. The first-order chi connectivity index (χ1) is 11.4. The average molecular weight is 303 g/mol. The molecule has 1 heteroatoms. The third kappa shape index (κ3) is 3.11. The molecule has 1 aliphatic carbocycles. The van der Waals surface area contributed by atoms with Gasteiger partial charge in [0.05, 0.1) is 0 Å². The number of rotatable bonds is 3. The Morgan fingerprint density at radius 2 is 1.39 bits per heavy atom. The highest BCUT2D eigenvalue weighted by Crippen LogP contribution is 2.29. The molecule has 0 aliphatic heterocycles. The fourth-order valence-electron chi connectivity index (χ4n) is 4.02.